The molecular formula is C20H25F3N5O3U-. The van der Waals surface area contributed by atoms with Crippen molar-refractivity contribution < 1.29 is 58.6 Å². The van der Waals surface area contributed by atoms with Crippen LogP contribution in [-0.4, -0.2) is 70.4 Å². The molecule has 5 rings (SSSR count). The summed E-state index contributed by atoms with van der Waals surface area (Å²) in [5.74, 6) is 0.0940. The number of morpholine rings is 1. The van der Waals surface area contributed by atoms with Gasteiger partial charge >= 0.3 is 12.2 Å². The minimum atomic E-state index is -4.43. The van der Waals surface area contributed by atoms with Gasteiger partial charge in [-0.1, -0.05) is 6.54 Å². The topological polar surface area (TPSA) is 79.7 Å². The number of nitrogens with zero attached hydrogens (tertiary/aromatic N) is 4. The molecule has 3 aliphatic heterocycles. The van der Waals surface area contributed by atoms with Crippen molar-refractivity contribution in [3.63, 3.8) is 0 Å². The van der Waals surface area contributed by atoms with E-state index in [0.29, 0.717) is 44.8 Å². The molecular weight excluding hydrogens is 653 g/mol. The molecule has 1 aliphatic carbocycles. The molecule has 8 nitrogen and oxygen atoms in total. The standard InChI is InChI=1S/C20H25F3N5O3.U/c1-12-4-16(20(21,22)23)25-28(12)7-13-5-19(6-13)10-27(11-19)18(30)26-3-2-15-14(8-26)24-17(29)9-31-15;/h4,13,15H,2-3,5-11H2,1H3,(H,24,29);/q-1;. The molecule has 4 fully saturated rings. The summed E-state index contributed by atoms with van der Waals surface area (Å²) in [4.78, 5) is 27.9. The Morgan fingerprint density at radius 3 is 2.72 bits per heavy atom. The molecule has 0 bridgehead atoms. The van der Waals surface area contributed by atoms with Gasteiger partial charge in [0.2, 0.25) is 5.91 Å². The average Bonchev–Trinajstić information content (AvgIpc) is 3.02. The van der Waals surface area contributed by atoms with Crippen LogP contribution in [0.2, 0.25) is 0 Å². The normalized spacial score (nSPS) is 25.5. The number of carbonyl (C=O) groups excluding carboxylic acids is 2. The predicted molar refractivity (Wildman–Crippen MR) is 101 cm³/mol. The number of ether oxygens (including phenoxy) is 1. The van der Waals surface area contributed by atoms with E-state index in [0.717, 1.165) is 24.9 Å². The van der Waals surface area contributed by atoms with Crippen molar-refractivity contribution in [2.24, 2.45) is 11.3 Å². The van der Waals surface area contributed by atoms with Gasteiger partial charge in [0.25, 0.3) is 0 Å². The van der Waals surface area contributed by atoms with E-state index in [1.807, 2.05) is 4.90 Å². The Morgan fingerprint density at radius 1 is 1.34 bits per heavy atom. The van der Waals surface area contributed by atoms with Crippen molar-refractivity contribution >= 4 is 11.9 Å². The smallest absolute Gasteiger partial charge is 0.435 e. The van der Waals surface area contributed by atoms with E-state index in [-0.39, 0.29) is 67.1 Å². The molecule has 3 amide bonds. The third-order valence-corrected chi connectivity index (χ3v) is 6.87. The quantitative estimate of drug-likeness (QED) is 0.485. The Labute approximate surface area is 207 Å². The molecule has 1 aromatic heterocycles. The van der Waals surface area contributed by atoms with Gasteiger partial charge in [0.05, 0.1) is 0 Å². The molecule has 1 unspecified atom stereocenters. The maximum atomic E-state index is 12.8. The van der Waals surface area contributed by atoms with Crippen LogP contribution in [0, 0.1) is 55.4 Å². The summed E-state index contributed by atoms with van der Waals surface area (Å²) < 4.78 is 45.5. The molecule has 1 spiro atoms. The molecule has 4 heterocycles. The number of carbonyl (C=O) groups is 2. The number of piperidine rings is 1. The van der Waals surface area contributed by atoms with Crippen LogP contribution >= 0.6 is 0 Å². The van der Waals surface area contributed by atoms with Crippen LogP contribution < -0.4 is 5.32 Å². The Hall–Kier alpha value is -1.25. The zero-order valence-corrected chi connectivity index (χ0v) is 21.9. The number of hydrogen-bond acceptors (Lipinski definition) is 4. The Balaban J connectivity index is 0.00000245. The van der Waals surface area contributed by atoms with Crippen LogP contribution in [0.1, 0.15) is 30.7 Å². The summed E-state index contributed by atoms with van der Waals surface area (Å²) in [6.45, 7) is 4.49. The van der Waals surface area contributed by atoms with Gasteiger partial charge in [0, 0.05) is 68.4 Å². The van der Waals surface area contributed by atoms with Gasteiger partial charge in [-0.25, -0.2) is 4.79 Å². The second kappa shape index (κ2) is 8.51. The first-order valence-corrected chi connectivity index (χ1v) is 10.5. The van der Waals surface area contributed by atoms with Gasteiger partial charge in [-0.15, -0.1) is 0 Å². The molecule has 1 saturated carbocycles. The van der Waals surface area contributed by atoms with Crippen LogP contribution in [-0.2, 0) is 22.3 Å². The van der Waals surface area contributed by atoms with Crippen molar-refractivity contribution in [3.05, 3.63) is 23.5 Å². The number of aryl methyl sites for hydroxylation is 1. The summed E-state index contributed by atoms with van der Waals surface area (Å²) in [6.07, 6.45) is -2.08. The minimum Gasteiger partial charge on any atom is -0.497 e. The molecule has 1 N–H and O–H groups in total. The summed E-state index contributed by atoms with van der Waals surface area (Å²) in [6, 6.07) is 1.80. The first-order valence-electron chi connectivity index (χ1n) is 10.5. The predicted octanol–water partition coefficient (Wildman–Crippen LogP) is 1.80. The third kappa shape index (κ3) is 4.42. The van der Waals surface area contributed by atoms with Crippen LogP contribution in [0.4, 0.5) is 18.0 Å². The van der Waals surface area contributed by atoms with Gasteiger partial charge < -0.3 is 19.9 Å². The second-order valence-electron chi connectivity index (χ2n) is 9.35. The van der Waals surface area contributed by atoms with E-state index in [2.05, 4.69) is 10.4 Å². The van der Waals surface area contributed by atoms with Crippen molar-refractivity contribution in [3.8, 4) is 0 Å². The van der Waals surface area contributed by atoms with E-state index in [9.17, 15) is 22.8 Å². The van der Waals surface area contributed by atoms with Crippen molar-refractivity contribution in [1.82, 2.24) is 24.9 Å². The number of nitrogens with one attached hydrogen (secondary N) is 1. The molecule has 1 aromatic rings. The summed E-state index contributed by atoms with van der Waals surface area (Å²) >= 11 is 0. The molecule has 4 aliphatic rings. The zero-order valence-electron chi connectivity index (χ0n) is 17.7. The van der Waals surface area contributed by atoms with Crippen molar-refractivity contribution in [2.75, 3.05) is 32.8 Å². The van der Waals surface area contributed by atoms with Crippen LogP contribution in [0.15, 0.2) is 6.07 Å². The third-order valence-electron chi connectivity index (χ3n) is 6.87. The summed E-state index contributed by atoms with van der Waals surface area (Å²) in [5.41, 5.74) is -0.249. The average molecular weight is 678 g/mol. The van der Waals surface area contributed by atoms with Crippen LogP contribution in [0.25, 0.3) is 0 Å². The number of aromatic nitrogens is 2. The number of alkyl halides is 3. The van der Waals surface area contributed by atoms with Gasteiger partial charge in [-0.05, 0) is 44.3 Å². The van der Waals surface area contributed by atoms with Gasteiger partial charge in [0.1, 0.15) is 6.61 Å². The van der Waals surface area contributed by atoms with E-state index < -0.39 is 11.9 Å². The maximum absolute atomic E-state index is 12.8. The first-order chi connectivity index (χ1) is 14.6. The second-order valence-corrected chi connectivity index (χ2v) is 9.35. The van der Waals surface area contributed by atoms with Crippen molar-refractivity contribution in [2.45, 2.75) is 45.0 Å². The SMILES string of the molecule is Cc1cc(C(F)(F)F)nn1CC1CC2(C1)CN(C(=O)N1CCC3OCC(=O)N[C-]3C1)C2.[U]. The molecule has 12 heteroatoms. The molecule has 174 valence electrons. The van der Waals surface area contributed by atoms with E-state index in [1.54, 1.807) is 11.8 Å². The molecule has 0 radical (unpaired) electrons. The number of halogens is 3. The molecule has 1 atom stereocenters. The monoisotopic (exact) mass is 678 g/mol. The molecule has 3 saturated heterocycles. The first kappa shape index (κ1) is 23.9. The van der Waals surface area contributed by atoms with Gasteiger partial charge in [-0.2, -0.15) is 24.3 Å². The number of likely N-dealkylation sites (tertiary alicyclic amines) is 2. The summed E-state index contributed by atoms with van der Waals surface area (Å²) in [7, 11) is 0. The molecule has 32 heavy (non-hydrogen) atoms. The number of fused-ring (bicyclic) bond motifs is 1. The fourth-order valence-electron chi connectivity index (χ4n) is 5.42. The Morgan fingerprint density at radius 2 is 2.06 bits per heavy atom. The number of rotatable bonds is 2. The maximum Gasteiger partial charge on any atom is 0.435 e. The Bertz CT molecular complexity index is 894. The fourth-order valence-corrected chi connectivity index (χ4v) is 5.42. The number of hydrogen-bond donors (Lipinski definition) is 1. The van der Waals surface area contributed by atoms with Crippen molar-refractivity contribution in [1.29, 1.82) is 0 Å². The number of amides is 3. The van der Waals surface area contributed by atoms with E-state index in [1.165, 1.54) is 4.68 Å². The zero-order chi connectivity index (χ0) is 22.0. The summed E-state index contributed by atoms with van der Waals surface area (Å²) in [5, 5.41) is 6.54. The van der Waals surface area contributed by atoms with E-state index in [4.69, 9.17) is 4.74 Å². The van der Waals surface area contributed by atoms with Gasteiger partial charge in [0.15, 0.2) is 5.69 Å². The van der Waals surface area contributed by atoms with Crippen LogP contribution in [0.5, 0.6) is 0 Å². The van der Waals surface area contributed by atoms with Crippen LogP contribution in [0.3, 0.4) is 0 Å². The molecule has 0 aromatic carbocycles. The van der Waals surface area contributed by atoms with E-state index >= 15 is 0 Å². The number of urea groups is 1. The van der Waals surface area contributed by atoms with Gasteiger partial charge in [-0.3, -0.25) is 9.48 Å². The largest absolute Gasteiger partial charge is 0.497 e. The minimum absolute atomic E-state index is 0. The Kier molecular flexibility index (Phi) is 6.36. The fraction of sp³-hybridized carbons (Fsp3) is 0.700.